The van der Waals surface area contributed by atoms with E-state index in [4.69, 9.17) is 9.26 Å². The van der Waals surface area contributed by atoms with Crippen LogP contribution in [0, 0.1) is 0 Å². The number of hydrogen-bond acceptors (Lipinski definition) is 8. The second-order valence-corrected chi connectivity index (χ2v) is 7.51. The second kappa shape index (κ2) is 9.43. The summed E-state index contributed by atoms with van der Waals surface area (Å²) in [6.07, 6.45) is 0. The number of methoxy groups -OCH3 is 1. The van der Waals surface area contributed by atoms with Gasteiger partial charge in [0.1, 0.15) is 5.75 Å². The lowest BCUT2D eigenvalue weighted by atomic mass is 10.2. The van der Waals surface area contributed by atoms with E-state index in [-0.39, 0.29) is 17.6 Å². The molecule has 4 rings (SSSR count). The number of nitrogens with zero attached hydrogens (tertiary/aromatic N) is 5. The Morgan fingerprint density at radius 1 is 1.16 bits per heavy atom. The van der Waals surface area contributed by atoms with E-state index < -0.39 is 0 Å². The molecule has 0 aliphatic rings. The van der Waals surface area contributed by atoms with E-state index in [1.807, 2.05) is 54.6 Å². The molecule has 4 aromatic rings. The highest BCUT2D eigenvalue weighted by molar-refractivity contribution is 7.99. The number of ether oxygens (including phenoxy) is 1. The van der Waals surface area contributed by atoms with Gasteiger partial charge in [0.15, 0.2) is 5.16 Å². The summed E-state index contributed by atoms with van der Waals surface area (Å²) < 4.78 is 12.3. The summed E-state index contributed by atoms with van der Waals surface area (Å²) in [7, 11) is 3.40. The number of hydrogen-bond donors (Lipinski definition) is 1. The van der Waals surface area contributed by atoms with Gasteiger partial charge in [-0.3, -0.25) is 4.79 Å². The zero-order chi connectivity index (χ0) is 21.6. The van der Waals surface area contributed by atoms with Crippen LogP contribution >= 0.6 is 11.8 Å². The molecule has 1 amide bonds. The lowest BCUT2D eigenvalue weighted by Gasteiger charge is -2.07. The molecular formula is C21H20N6O3S. The summed E-state index contributed by atoms with van der Waals surface area (Å²) >= 11 is 1.28. The summed E-state index contributed by atoms with van der Waals surface area (Å²) in [4.78, 5) is 16.6. The minimum atomic E-state index is -0.110. The Kier molecular flexibility index (Phi) is 6.27. The Morgan fingerprint density at radius 3 is 2.81 bits per heavy atom. The van der Waals surface area contributed by atoms with Crippen molar-refractivity contribution in [3.63, 3.8) is 0 Å². The van der Waals surface area contributed by atoms with Crippen molar-refractivity contribution in [3.05, 3.63) is 60.2 Å². The first-order chi connectivity index (χ1) is 15.1. The average molecular weight is 436 g/mol. The van der Waals surface area contributed by atoms with Crippen LogP contribution in [0.1, 0.15) is 5.56 Å². The zero-order valence-corrected chi connectivity index (χ0v) is 17.8. The van der Waals surface area contributed by atoms with Crippen LogP contribution < -0.4 is 10.1 Å². The summed E-state index contributed by atoms with van der Waals surface area (Å²) in [5, 5.41) is 15.7. The SMILES string of the molecule is COc1cccc(CNC(=O)CSc2nnc(-c3nc(-c4ccccc4)no3)n2C)c1. The van der Waals surface area contributed by atoms with Crippen LogP contribution in [0.5, 0.6) is 5.75 Å². The van der Waals surface area contributed by atoms with Gasteiger partial charge in [-0.1, -0.05) is 59.4 Å². The Bertz CT molecular complexity index is 1170. The molecule has 10 heteroatoms. The van der Waals surface area contributed by atoms with E-state index in [0.29, 0.717) is 23.4 Å². The molecule has 0 saturated carbocycles. The quantitative estimate of drug-likeness (QED) is 0.420. The molecule has 0 saturated heterocycles. The van der Waals surface area contributed by atoms with Gasteiger partial charge in [-0.25, -0.2) is 0 Å². The number of carbonyl (C=O) groups is 1. The predicted molar refractivity (Wildman–Crippen MR) is 115 cm³/mol. The van der Waals surface area contributed by atoms with Gasteiger partial charge in [-0.15, -0.1) is 10.2 Å². The van der Waals surface area contributed by atoms with Gasteiger partial charge in [0.05, 0.1) is 12.9 Å². The fraction of sp³-hybridized carbons (Fsp3) is 0.190. The largest absolute Gasteiger partial charge is 0.497 e. The summed E-state index contributed by atoms with van der Waals surface area (Å²) in [6.45, 7) is 0.422. The molecule has 0 aliphatic heterocycles. The second-order valence-electron chi connectivity index (χ2n) is 6.57. The molecule has 0 atom stereocenters. The van der Waals surface area contributed by atoms with E-state index in [0.717, 1.165) is 16.9 Å². The molecule has 0 unspecified atom stereocenters. The molecule has 0 bridgehead atoms. The van der Waals surface area contributed by atoms with Crippen LogP contribution in [0.4, 0.5) is 0 Å². The molecular weight excluding hydrogens is 416 g/mol. The monoisotopic (exact) mass is 436 g/mol. The van der Waals surface area contributed by atoms with Crippen LogP contribution in [0.3, 0.4) is 0 Å². The van der Waals surface area contributed by atoms with Crippen molar-refractivity contribution in [2.24, 2.45) is 7.05 Å². The first kappa shape index (κ1) is 20.6. The number of rotatable bonds is 8. The Balaban J connectivity index is 1.35. The molecule has 158 valence electrons. The van der Waals surface area contributed by atoms with Crippen LogP contribution in [0.2, 0.25) is 0 Å². The highest BCUT2D eigenvalue weighted by Gasteiger charge is 2.19. The number of benzene rings is 2. The van der Waals surface area contributed by atoms with Crippen molar-refractivity contribution in [1.29, 1.82) is 0 Å². The normalized spacial score (nSPS) is 10.8. The van der Waals surface area contributed by atoms with Crippen molar-refractivity contribution in [1.82, 2.24) is 30.2 Å². The maximum atomic E-state index is 12.2. The van der Waals surface area contributed by atoms with Gasteiger partial charge in [0.25, 0.3) is 5.89 Å². The van der Waals surface area contributed by atoms with Crippen molar-refractivity contribution >= 4 is 17.7 Å². The van der Waals surface area contributed by atoms with Crippen LogP contribution in [0.15, 0.2) is 64.3 Å². The van der Waals surface area contributed by atoms with Gasteiger partial charge >= 0.3 is 0 Å². The molecule has 2 heterocycles. The predicted octanol–water partition coefficient (Wildman–Crippen LogP) is 2.95. The van der Waals surface area contributed by atoms with E-state index in [1.54, 1.807) is 18.7 Å². The number of amides is 1. The molecule has 31 heavy (non-hydrogen) atoms. The van der Waals surface area contributed by atoms with Gasteiger partial charge in [-0.05, 0) is 17.7 Å². The van der Waals surface area contributed by atoms with Crippen LogP contribution in [-0.2, 0) is 18.4 Å². The van der Waals surface area contributed by atoms with Gasteiger partial charge < -0.3 is 19.1 Å². The lowest BCUT2D eigenvalue weighted by Crippen LogP contribution is -2.24. The minimum Gasteiger partial charge on any atom is -0.497 e. The number of nitrogens with one attached hydrogen (secondary N) is 1. The van der Waals surface area contributed by atoms with E-state index in [2.05, 4.69) is 25.7 Å². The van der Waals surface area contributed by atoms with Gasteiger partial charge in [0, 0.05) is 19.2 Å². The Labute approximate surface area is 182 Å². The molecule has 2 aromatic heterocycles. The van der Waals surface area contributed by atoms with E-state index >= 15 is 0 Å². The number of thioether (sulfide) groups is 1. The highest BCUT2D eigenvalue weighted by atomic mass is 32.2. The summed E-state index contributed by atoms with van der Waals surface area (Å²) in [5.74, 6) is 2.03. The third-order valence-electron chi connectivity index (χ3n) is 4.44. The number of carbonyl (C=O) groups excluding carboxylic acids is 1. The molecule has 0 aliphatic carbocycles. The Hall–Kier alpha value is -3.66. The minimum absolute atomic E-state index is 0.110. The molecule has 1 N–H and O–H groups in total. The molecule has 0 fully saturated rings. The van der Waals surface area contributed by atoms with Crippen molar-refractivity contribution in [2.75, 3.05) is 12.9 Å². The molecule has 2 aromatic carbocycles. The molecule has 9 nitrogen and oxygen atoms in total. The van der Waals surface area contributed by atoms with Crippen molar-refractivity contribution < 1.29 is 14.1 Å². The van der Waals surface area contributed by atoms with Crippen molar-refractivity contribution in [2.45, 2.75) is 11.7 Å². The fourth-order valence-corrected chi connectivity index (χ4v) is 3.55. The molecule has 0 spiro atoms. The first-order valence-electron chi connectivity index (χ1n) is 9.45. The highest BCUT2D eigenvalue weighted by Crippen LogP contribution is 2.24. The van der Waals surface area contributed by atoms with Gasteiger partial charge in [0.2, 0.25) is 17.6 Å². The van der Waals surface area contributed by atoms with Gasteiger partial charge in [-0.2, -0.15) is 4.98 Å². The Morgan fingerprint density at radius 2 is 2.00 bits per heavy atom. The van der Waals surface area contributed by atoms with E-state index in [1.165, 1.54) is 11.8 Å². The third kappa shape index (κ3) is 4.92. The number of aromatic nitrogens is 5. The first-order valence-corrected chi connectivity index (χ1v) is 10.4. The third-order valence-corrected chi connectivity index (χ3v) is 5.46. The zero-order valence-electron chi connectivity index (χ0n) is 17.0. The molecule has 0 radical (unpaired) electrons. The van der Waals surface area contributed by atoms with Crippen molar-refractivity contribution in [3.8, 4) is 28.9 Å². The lowest BCUT2D eigenvalue weighted by molar-refractivity contribution is -0.118. The standard InChI is InChI=1S/C21H20N6O3S/c1-27-19(20-23-18(26-30-20)15-8-4-3-5-9-15)24-25-21(27)31-13-17(28)22-12-14-7-6-10-16(11-14)29-2/h3-11H,12-13H2,1-2H3,(H,22,28). The average Bonchev–Trinajstić information content (AvgIpc) is 3.44. The topological polar surface area (TPSA) is 108 Å². The maximum Gasteiger partial charge on any atom is 0.296 e. The fourth-order valence-electron chi connectivity index (χ4n) is 2.81. The van der Waals surface area contributed by atoms with Crippen LogP contribution in [-0.4, -0.2) is 43.7 Å². The maximum absolute atomic E-state index is 12.2. The summed E-state index contributed by atoms with van der Waals surface area (Å²) in [6, 6.07) is 17.1. The van der Waals surface area contributed by atoms with E-state index in [9.17, 15) is 4.79 Å². The van der Waals surface area contributed by atoms with Crippen LogP contribution in [0.25, 0.3) is 23.1 Å². The smallest absolute Gasteiger partial charge is 0.296 e. The summed E-state index contributed by atoms with van der Waals surface area (Å²) in [5.41, 5.74) is 1.81.